The minimum atomic E-state index is 0.0931. The third-order valence-corrected chi connectivity index (χ3v) is 5.76. The molecule has 3 fully saturated rings. The molecule has 0 spiro atoms. The first-order valence-corrected chi connectivity index (χ1v) is 7.79. The van der Waals surface area contributed by atoms with Crippen molar-refractivity contribution in [1.29, 1.82) is 0 Å². The normalized spacial score (nSPS) is 44.4. The predicted molar refractivity (Wildman–Crippen MR) is 70.1 cm³/mol. The van der Waals surface area contributed by atoms with Gasteiger partial charge in [0.15, 0.2) is 0 Å². The molecule has 0 aromatic heterocycles. The van der Waals surface area contributed by atoms with Gasteiger partial charge in [0, 0.05) is 23.7 Å². The summed E-state index contributed by atoms with van der Waals surface area (Å²) in [6, 6.07) is 0. The molecule has 100 valence electrons. The monoisotopic (exact) mass is 248 g/mol. The molecule has 0 aliphatic heterocycles. The van der Waals surface area contributed by atoms with Crippen molar-refractivity contribution in [3.8, 4) is 0 Å². The van der Waals surface area contributed by atoms with Crippen LogP contribution in [0.3, 0.4) is 0 Å². The number of rotatable bonds is 1. The molecule has 0 heterocycles. The molecule has 0 radical (unpaired) electrons. The Hall–Kier alpha value is -0.660. The Morgan fingerprint density at radius 2 is 1.39 bits per heavy atom. The van der Waals surface area contributed by atoms with Crippen LogP contribution in [0.25, 0.3) is 0 Å². The molecular formula is C16H24O2. The highest BCUT2D eigenvalue weighted by Crippen LogP contribution is 2.47. The number of carbonyl (C=O) groups is 2. The smallest absolute Gasteiger partial charge is 0.140 e. The fraction of sp³-hybridized carbons (Fsp3) is 0.875. The molecule has 0 N–H and O–H groups in total. The second-order valence-electron chi connectivity index (χ2n) is 6.60. The van der Waals surface area contributed by atoms with Gasteiger partial charge in [0.1, 0.15) is 11.6 Å². The lowest BCUT2D eigenvalue weighted by atomic mass is 9.57. The Bertz CT molecular complexity index is 360. The molecule has 3 saturated carbocycles. The summed E-state index contributed by atoms with van der Waals surface area (Å²) in [6.07, 6.45) is 8.56. The number of ketones is 2. The molecule has 0 aromatic rings. The Labute approximate surface area is 110 Å². The van der Waals surface area contributed by atoms with E-state index < -0.39 is 0 Å². The van der Waals surface area contributed by atoms with Gasteiger partial charge in [-0.2, -0.15) is 0 Å². The van der Waals surface area contributed by atoms with Crippen molar-refractivity contribution in [3.63, 3.8) is 0 Å². The van der Waals surface area contributed by atoms with Gasteiger partial charge in [0.2, 0.25) is 0 Å². The van der Waals surface area contributed by atoms with E-state index >= 15 is 0 Å². The number of carbonyl (C=O) groups excluding carboxylic acids is 2. The lowest BCUT2D eigenvalue weighted by molar-refractivity contribution is -0.151. The highest BCUT2D eigenvalue weighted by molar-refractivity contribution is 5.99. The molecule has 0 aromatic carbocycles. The zero-order valence-electron chi connectivity index (χ0n) is 11.4. The molecule has 2 heteroatoms. The average molecular weight is 248 g/mol. The Morgan fingerprint density at radius 1 is 0.833 bits per heavy atom. The predicted octanol–water partition coefficient (Wildman–Crippen LogP) is 3.39. The van der Waals surface area contributed by atoms with Crippen LogP contribution in [0.15, 0.2) is 0 Å². The van der Waals surface area contributed by atoms with Gasteiger partial charge in [-0.3, -0.25) is 9.59 Å². The van der Waals surface area contributed by atoms with Crippen LogP contribution >= 0.6 is 0 Å². The van der Waals surface area contributed by atoms with Crippen molar-refractivity contribution >= 4 is 11.6 Å². The molecule has 0 amide bonds. The molecule has 3 aliphatic rings. The zero-order valence-corrected chi connectivity index (χ0v) is 11.4. The van der Waals surface area contributed by atoms with Gasteiger partial charge in [-0.05, 0) is 38.0 Å². The van der Waals surface area contributed by atoms with E-state index in [1.54, 1.807) is 0 Å². The van der Waals surface area contributed by atoms with E-state index in [0.29, 0.717) is 17.5 Å². The number of hydrogen-bond acceptors (Lipinski definition) is 2. The fourth-order valence-electron chi connectivity index (χ4n) is 4.65. The summed E-state index contributed by atoms with van der Waals surface area (Å²) in [7, 11) is 0. The second kappa shape index (κ2) is 4.79. The summed E-state index contributed by atoms with van der Waals surface area (Å²) in [4.78, 5) is 25.2. The van der Waals surface area contributed by atoms with E-state index in [0.717, 1.165) is 44.9 Å². The van der Waals surface area contributed by atoms with Gasteiger partial charge in [-0.1, -0.05) is 26.2 Å². The quantitative estimate of drug-likeness (QED) is 0.713. The van der Waals surface area contributed by atoms with E-state index in [4.69, 9.17) is 0 Å². The van der Waals surface area contributed by atoms with Gasteiger partial charge in [-0.15, -0.1) is 0 Å². The topological polar surface area (TPSA) is 34.1 Å². The maximum absolute atomic E-state index is 12.6. The SMILES string of the molecule is CCC1CCC2C(=O)C3CCCCC3C(=O)C2C1. The summed E-state index contributed by atoms with van der Waals surface area (Å²) >= 11 is 0. The largest absolute Gasteiger partial charge is 0.299 e. The molecule has 3 aliphatic carbocycles. The van der Waals surface area contributed by atoms with Crippen LogP contribution in [0, 0.1) is 29.6 Å². The summed E-state index contributed by atoms with van der Waals surface area (Å²) in [5.74, 6) is 1.99. The molecule has 0 bridgehead atoms. The summed E-state index contributed by atoms with van der Waals surface area (Å²) in [5, 5.41) is 0. The van der Waals surface area contributed by atoms with Crippen LogP contribution < -0.4 is 0 Å². The van der Waals surface area contributed by atoms with Crippen LogP contribution in [0.4, 0.5) is 0 Å². The first kappa shape index (κ1) is 12.4. The summed E-state index contributed by atoms with van der Waals surface area (Å²) in [5.41, 5.74) is 0. The van der Waals surface area contributed by atoms with E-state index in [1.165, 1.54) is 6.42 Å². The van der Waals surface area contributed by atoms with E-state index in [1.807, 2.05) is 0 Å². The van der Waals surface area contributed by atoms with Crippen LogP contribution in [-0.2, 0) is 9.59 Å². The minimum Gasteiger partial charge on any atom is -0.299 e. The fourth-order valence-corrected chi connectivity index (χ4v) is 4.65. The van der Waals surface area contributed by atoms with Crippen molar-refractivity contribution in [1.82, 2.24) is 0 Å². The van der Waals surface area contributed by atoms with Gasteiger partial charge in [0.05, 0.1) is 0 Å². The van der Waals surface area contributed by atoms with E-state index in [-0.39, 0.29) is 23.7 Å². The van der Waals surface area contributed by atoms with Gasteiger partial charge in [-0.25, -0.2) is 0 Å². The molecular weight excluding hydrogens is 224 g/mol. The first-order valence-electron chi connectivity index (χ1n) is 7.79. The van der Waals surface area contributed by atoms with Gasteiger partial charge in [0.25, 0.3) is 0 Å². The number of Topliss-reactive ketones (excluding diaryl/α,β-unsaturated/α-hetero) is 2. The third kappa shape index (κ3) is 1.85. The number of fused-ring (bicyclic) bond motifs is 2. The maximum Gasteiger partial charge on any atom is 0.140 e. The summed E-state index contributed by atoms with van der Waals surface area (Å²) in [6.45, 7) is 2.21. The molecule has 2 nitrogen and oxygen atoms in total. The van der Waals surface area contributed by atoms with Crippen LogP contribution in [0.1, 0.15) is 58.3 Å². The summed E-state index contributed by atoms with van der Waals surface area (Å²) < 4.78 is 0. The van der Waals surface area contributed by atoms with Crippen molar-refractivity contribution in [2.24, 2.45) is 29.6 Å². The molecule has 18 heavy (non-hydrogen) atoms. The first-order chi connectivity index (χ1) is 8.72. The van der Waals surface area contributed by atoms with Gasteiger partial charge < -0.3 is 0 Å². The molecule has 5 unspecified atom stereocenters. The van der Waals surface area contributed by atoms with Crippen LogP contribution in [0.2, 0.25) is 0 Å². The zero-order chi connectivity index (χ0) is 12.7. The van der Waals surface area contributed by atoms with Crippen molar-refractivity contribution in [3.05, 3.63) is 0 Å². The van der Waals surface area contributed by atoms with Crippen molar-refractivity contribution in [2.75, 3.05) is 0 Å². The Kier molecular flexibility index (Phi) is 3.29. The second-order valence-corrected chi connectivity index (χ2v) is 6.60. The highest BCUT2D eigenvalue weighted by Gasteiger charge is 2.51. The maximum atomic E-state index is 12.6. The number of hydrogen-bond donors (Lipinski definition) is 0. The highest BCUT2D eigenvalue weighted by atomic mass is 16.1. The van der Waals surface area contributed by atoms with Crippen molar-refractivity contribution in [2.45, 2.75) is 58.3 Å². The van der Waals surface area contributed by atoms with E-state index in [9.17, 15) is 9.59 Å². The lowest BCUT2D eigenvalue weighted by Crippen LogP contribution is -2.50. The van der Waals surface area contributed by atoms with Crippen LogP contribution in [-0.4, -0.2) is 11.6 Å². The minimum absolute atomic E-state index is 0.0931. The van der Waals surface area contributed by atoms with Crippen LogP contribution in [0.5, 0.6) is 0 Å². The van der Waals surface area contributed by atoms with Gasteiger partial charge >= 0.3 is 0 Å². The molecule has 3 rings (SSSR count). The molecule has 5 atom stereocenters. The van der Waals surface area contributed by atoms with E-state index in [2.05, 4.69) is 6.92 Å². The Morgan fingerprint density at radius 3 is 2.00 bits per heavy atom. The lowest BCUT2D eigenvalue weighted by Gasteiger charge is -2.45. The Balaban J connectivity index is 1.84. The molecule has 0 saturated heterocycles. The van der Waals surface area contributed by atoms with Crippen molar-refractivity contribution < 1.29 is 9.59 Å². The average Bonchev–Trinajstić information content (AvgIpc) is 2.44. The standard InChI is InChI=1S/C16H24O2/c1-2-10-7-8-13-14(9-10)16(18)12-6-4-3-5-11(12)15(13)17/h10-14H,2-9H2,1H3. The third-order valence-electron chi connectivity index (χ3n) is 5.76.